The predicted molar refractivity (Wildman–Crippen MR) is 143 cm³/mol. The number of aryl methyl sites for hydroxylation is 1. The van der Waals surface area contributed by atoms with Gasteiger partial charge in [0.25, 0.3) is 0 Å². The summed E-state index contributed by atoms with van der Waals surface area (Å²) in [5, 5.41) is 14.1. The van der Waals surface area contributed by atoms with Gasteiger partial charge in [-0.15, -0.1) is 0 Å². The Morgan fingerprint density at radius 2 is 2.05 bits per heavy atom. The van der Waals surface area contributed by atoms with Gasteiger partial charge in [0.1, 0.15) is 11.1 Å². The van der Waals surface area contributed by atoms with Crippen LogP contribution in [0.25, 0.3) is 11.0 Å². The molecule has 0 saturated carbocycles. The van der Waals surface area contributed by atoms with Crippen LogP contribution in [0.4, 0.5) is 0 Å². The van der Waals surface area contributed by atoms with Gasteiger partial charge in [-0.05, 0) is 55.2 Å². The minimum atomic E-state index is -1.73. The first kappa shape index (κ1) is 26.4. The van der Waals surface area contributed by atoms with Crippen molar-refractivity contribution in [3.63, 3.8) is 0 Å². The summed E-state index contributed by atoms with van der Waals surface area (Å²) in [6.45, 7) is 1.85. The number of amides is 2. The predicted octanol–water partition coefficient (Wildman–Crippen LogP) is 3.21. The van der Waals surface area contributed by atoms with Crippen molar-refractivity contribution in [3.05, 3.63) is 74.9 Å². The molecule has 2 saturated heterocycles. The van der Waals surface area contributed by atoms with Crippen LogP contribution in [0.1, 0.15) is 29.3 Å². The lowest BCUT2D eigenvalue weighted by molar-refractivity contribution is -0.151. The van der Waals surface area contributed by atoms with E-state index < -0.39 is 46.6 Å². The van der Waals surface area contributed by atoms with E-state index in [1.807, 2.05) is 12.3 Å². The smallest absolute Gasteiger partial charge is 0.324 e. The zero-order valence-corrected chi connectivity index (χ0v) is 22.3. The molecule has 0 aliphatic carbocycles. The van der Waals surface area contributed by atoms with Crippen molar-refractivity contribution in [1.82, 2.24) is 15.2 Å². The molecule has 38 heavy (non-hydrogen) atoms. The summed E-state index contributed by atoms with van der Waals surface area (Å²) in [4.78, 5) is 59.2. The monoisotopic (exact) mass is 555 g/mol. The maximum absolute atomic E-state index is 13.8. The van der Waals surface area contributed by atoms with Gasteiger partial charge in [-0.25, -0.2) is 0 Å². The number of nitrogens with one attached hydrogen (secondary N) is 1. The molecule has 2 aliphatic heterocycles. The molecule has 2 aromatic heterocycles. The number of thioether (sulfide) groups is 1. The van der Waals surface area contributed by atoms with Gasteiger partial charge in [0.15, 0.2) is 5.43 Å². The highest BCUT2D eigenvalue weighted by atomic mass is 35.5. The molecule has 4 atom stereocenters. The van der Waals surface area contributed by atoms with Gasteiger partial charge in [-0.1, -0.05) is 17.7 Å². The molecule has 2 N–H and O–H groups in total. The number of fused-ring (bicyclic) bond motifs is 2. The molecule has 0 bridgehead atoms. The van der Waals surface area contributed by atoms with Crippen LogP contribution in [-0.2, 0) is 20.8 Å². The number of carbonyl (C=O) groups is 3. The summed E-state index contributed by atoms with van der Waals surface area (Å²) >= 11 is 7.70. The number of carbonyl (C=O) groups excluding carboxylic acids is 2. The highest BCUT2D eigenvalue weighted by Gasteiger charge is 2.68. The Labute approximate surface area is 227 Å². The number of carboxylic acid groups (broad SMARTS) is 1. The fourth-order valence-corrected chi connectivity index (χ4v) is 6.29. The van der Waals surface area contributed by atoms with Crippen molar-refractivity contribution in [1.29, 1.82) is 0 Å². The lowest BCUT2D eigenvalue weighted by atomic mass is 9.78. The quantitative estimate of drug-likeness (QED) is 0.402. The van der Waals surface area contributed by atoms with Gasteiger partial charge in [0.2, 0.25) is 11.8 Å². The second kappa shape index (κ2) is 10.2. The van der Waals surface area contributed by atoms with Crippen molar-refractivity contribution < 1.29 is 23.9 Å². The normalized spacial score (nSPS) is 24.8. The molecular formula is C27H26ClN3O6S. The average molecular weight is 556 g/mol. The number of nitrogens with zero attached hydrogens (tertiary/aromatic N) is 2. The average Bonchev–Trinajstić information content (AvgIpc) is 3.37. The number of imide groups is 1. The summed E-state index contributed by atoms with van der Waals surface area (Å²) in [5.41, 5.74) is -0.301. The highest BCUT2D eigenvalue weighted by Crippen LogP contribution is 2.50. The van der Waals surface area contributed by atoms with Crippen LogP contribution < -0.4 is 10.7 Å². The first-order valence-electron chi connectivity index (χ1n) is 12.2. The van der Waals surface area contributed by atoms with Gasteiger partial charge < -0.3 is 9.52 Å². The summed E-state index contributed by atoms with van der Waals surface area (Å²) < 4.78 is 5.76. The Hall–Kier alpha value is -3.21. The number of halogens is 1. The molecular weight excluding hydrogens is 530 g/mol. The number of aromatic nitrogens is 1. The number of carboxylic acids is 1. The van der Waals surface area contributed by atoms with Gasteiger partial charge in [0.05, 0.1) is 35.1 Å². The summed E-state index contributed by atoms with van der Waals surface area (Å²) in [7, 11) is 0. The Morgan fingerprint density at radius 1 is 1.26 bits per heavy atom. The van der Waals surface area contributed by atoms with E-state index in [1.54, 1.807) is 31.3 Å². The van der Waals surface area contributed by atoms with Crippen LogP contribution in [-0.4, -0.2) is 56.9 Å². The van der Waals surface area contributed by atoms with Gasteiger partial charge >= 0.3 is 5.97 Å². The van der Waals surface area contributed by atoms with Gasteiger partial charge in [0, 0.05) is 29.9 Å². The molecule has 4 unspecified atom stereocenters. The van der Waals surface area contributed by atoms with Crippen LogP contribution in [0.15, 0.2) is 52.0 Å². The molecule has 5 rings (SSSR count). The molecule has 0 radical (unpaired) electrons. The Morgan fingerprint density at radius 3 is 2.74 bits per heavy atom. The lowest BCUT2D eigenvalue weighted by Gasteiger charge is -2.31. The largest absolute Gasteiger partial charge is 0.480 e. The molecule has 4 heterocycles. The van der Waals surface area contributed by atoms with Crippen molar-refractivity contribution in [2.45, 2.75) is 31.3 Å². The summed E-state index contributed by atoms with van der Waals surface area (Å²) in [6, 6.07) is 7.51. The van der Waals surface area contributed by atoms with Crippen LogP contribution >= 0.6 is 23.4 Å². The fourth-order valence-electron chi connectivity index (χ4n) is 5.60. The van der Waals surface area contributed by atoms with E-state index in [1.165, 1.54) is 24.1 Å². The number of aliphatic carboxylic acids is 1. The standard InChI is InChI=1S/C27H26ClN3O6S/c1-14-11-19-16(12-18(14)28)23(32)17(13-37-19)22-20-21(27(30-22,26(35)36)7-10-38-2)25(34)31(24(20)33)9-6-15-5-3-4-8-29-15/h3-5,8,11-13,20-22,30H,6-7,9-10H2,1-2H3,(H,35,36). The molecule has 11 heteroatoms. The maximum atomic E-state index is 13.8. The number of likely N-dealkylation sites (tertiary alicyclic amines) is 1. The van der Waals surface area contributed by atoms with Crippen molar-refractivity contribution in [3.8, 4) is 0 Å². The van der Waals surface area contributed by atoms with E-state index in [2.05, 4.69) is 10.3 Å². The highest BCUT2D eigenvalue weighted by molar-refractivity contribution is 7.98. The van der Waals surface area contributed by atoms with E-state index in [-0.39, 0.29) is 23.9 Å². The first-order valence-corrected chi connectivity index (χ1v) is 13.9. The number of hydrogen-bond acceptors (Lipinski definition) is 8. The van der Waals surface area contributed by atoms with Crippen LogP contribution in [0, 0.1) is 18.8 Å². The van der Waals surface area contributed by atoms with Crippen molar-refractivity contribution in [2.75, 3.05) is 18.6 Å². The van der Waals surface area contributed by atoms with E-state index >= 15 is 0 Å². The van der Waals surface area contributed by atoms with Gasteiger partial charge in [-0.2, -0.15) is 11.8 Å². The van der Waals surface area contributed by atoms with E-state index in [0.717, 1.165) is 10.5 Å². The van der Waals surface area contributed by atoms with Crippen LogP contribution in [0.2, 0.25) is 5.02 Å². The fraction of sp³-hybridized carbons (Fsp3) is 0.370. The molecule has 9 nitrogen and oxygen atoms in total. The van der Waals surface area contributed by atoms with E-state index in [4.69, 9.17) is 16.0 Å². The van der Waals surface area contributed by atoms with Crippen molar-refractivity contribution in [2.24, 2.45) is 11.8 Å². The number of benzene rings is 1. The molecule has 3 aromatic rings. The molecule has 2 fully saturated rings. The summed E-state index contributed by atoms with van der Waals surface area (Å²) in [6.07, 6.45) is 5.15. The SMILES string of the molecule is CSCCC1(C(=O)O)NC(c2coc3cc(C)c(Cl)cc3c2=O)C2C(=O)N(CCc3ccccn3)C(=O)C21. The first-order chi connectivity index (χ1) is 18.2. The summed E-state index contributed by atoms with van der Waals surface area (Å²) in [5.74, 6) is -4.12. The lowest BCUT2D eigenvalue weighted by Crippen LogP contribution is -2.56. The third-order valence-electron chi connectivity index (χ3n) is 7.56. The second-order valence-electron chi connectivity index (χ2n) is 9.66. The van der Waals surface area contributed by atoms with E-state index in [0.29, 0.717) is 28.5 Å². The second-order valence-corrected chi connectivity index (χ2v) is 11.1. The Bertz CT molecular complexity index is 1500. The molecule has 1 aromatic carbocycles. The third kappa shape index (κ3) is 4.20. The molecule has 2 aliphatic rings. The van der Waals surface area contributed by atoms with E-state index in [9.17, 15) is 24.3 Å². The zero-order valence-electron chi connectivity index (χ0n) is 20.8. The Balaban J connectivity index is 1.59. The molecule has 198 valence electrons. The number of hydrogen-bond donors (Lipinski definition) is 2. The minimum absolute atomic E-state index is 0.0633. The topological polar surface area (TPSA) is 130 Å². The molecule has 0 spiro atoms. The zero-order chi connectivity index (χ0) is 27.2. The maximum Gasteiger partial charge on any atom is 0.324 e. The molecule has 2 amide bonds. The van der Waals surface area contributed by atoms with Gasteiger partial charge in [-0.3, -0.25) is 34.4 Å². The number of pyridine rings is 1. The third-order valence-corrected chi connectivity index (χ3v) is 8.58. The van der Waals surface area contributed by atoms with Crippen LogP contribution in [0.3, 0.4) is 0 Å². The van der Waals surface area contributed by atoms with Crippen LogP contribution in [0.5, 0.6) is 0 Å². The minimum Gasteiger partial charge on any atom is -0.480 e. The number of rotatable bonds is 8. The van der Waals surface area contributed by atoms with Crippen molar-refractivity contribution >= 4 is 52.1 Å². The Kier molecular flexibility index (Phi) is 7.06.